The largest absolute Gasteiger partial charge is 0.392 e. The summed E-state index contributed by atoms with van der Waals surface area (Å²) in [7, 11) is 0.500. The molecule has 0 saturated carbocycles. The summed E-state index contributed by atoms with van der Waals surface area (Å²) in [5.41, 5.74) is 3.47. The fourth-order valence-corrected chi connectivity index (χ4v) is 1.62. The van der Waals surface area contributed by atoms with Gasteiger partial charge in [-0.3, -0.25) is 4.39 Å². The monoisotopic (exact) mass is 206 g/mol. The van der Waals surface area contributed by atoms with Crippen molar-refractivity contribution in [3.05, 3.63) is 53.6 Å². The molecule has 15 heavy (non-hydrogen) atoms. The average Bonchev–Trinajstić information content (AvgIpc) is 2.53. The van der Waals surface area contributed by atoms with Crippen molar-refractivity contribution in [3.8, 4) is 0 Å². The van der Waals surface area contributed by atoms with Gasteiger partial charge in [0.25, 0.3) is 0 Å². The van der Waals surface area contributed by atoms with Gasteiger partial charge in [-0.2, -0.15) is 0 Å². The number of hydrogen-bond acceptors (Lipinski definition) is 1. The molecule has 0 amide bonds. The van der Waals surface area contributed by atoms with Crippen LogP contribution >= 0.6 is 0 Å². The number of benzene rings is 1. The Bertz CT molecular complexity index is 367. The van der Waals surface area contributed by atoms with Crippen LogP contribution in [-0.2, 0) is 6.42 Å². The molecule has 0 radical (unpaired) electrons. The standard InChI is InChI=1S/C12H12O.CH3F/c13-9-11-7-2-1-5-10-6-3-4-8-12(10)11;1-2/h1-4,6-8,13H,5,9H2;1H3. The SMILES string of the molecule is CF.OCC1=CC=CCc2ccccc21. The summed E-state index contributed by atoms with van der Waals surface area (Å²) in [6.45, 7) is 0.112. The van der Waals surface area contributed by atoms with Crippen LogP contribution in [0.4, 0.5) is 4.39 Å². The highest BCUT2D eigenvalue weighted by Crippen LogP contribution is 2.21. The van der Waals surface area contributed by atoms with Crippen LogP contribution in [-0.4, -0.2) is 18.9 Å². The van der Waals surface area contributed by atoms with Crippen LogP contribution in [0.2, 0.25) is 0 Å². The predicted octanol–water partition coefficient (Wildman–Crippen LogP) is 2.76. The highest BCUT2D eigenvalue weighted by Gasteiger charge is 2.06. The minimum Gasteiger partial charge on any atom is -0.392 e. The molecule has 80 valence electrons. The first-order chi connectivity index (χ1) is 7.42. The van der Waals surface area contributed by atoms with E-state index in [-0.39, 0.29) is 6.61 Å². The molecular formula is C13H15FO. The minimum atomic E-state index is 0.112. The molecule has 0 atom stereocenters. The zero-order valence-corrected chi connectivity index (χ0v) is 8.78. The van der Waals surface area contributed by atoms with Gasteiger partial charge in [-0.25, -0.2) is 0 Å². The van der Waals surface area contributed by atoms with Crippen LogP contribution in [0.3, 0.4) is 0 Å². The van der Waals surface area contributed by atoms with Crippen molar-refractivity contribution in [2.24, 2.45) is 0 Å². The summed E-state index contributed by atoms with van der Waals surface area (Å²) in [5.74, 6) is 0. The van der Waals surface area contributed by atoms with E-state index in [0.717, 1.165) is 12.0 Å². The third kappa shape index (κ3) is 2.77. The number of aliphatic hydroxyl groups is 1. The molecule has 1 aromatic rings. The number of allylic oxidation sites excluding steroid dienone is 3. The van der Waals surface area contributed by atoms with Crippen LogP contribution < -0.4 is 0 Å². The summed E-state index contributed by atoms with van der Waals surface area (Å²) in [6, 6.07) is 8.21. The van der Waals surface area contributed by atoms with Gasteiger partial charge in [-0.1, -0.05) is 42.5 Å². The molecule has 0 heterocycles. The Morgan fingerprint density at radius 3 is 2.73 bits per heavy atom. The molecule has 1 aliphatic rings. The van der Waals surface area contributed by atoms with Gasteiger partial charge in [0, 0.05) is 0 Å². The van der Waals surface area contributed by atoms with Gasteiger partial charge >= 0.3 is 0 Å². The van der Waals surface area contributed by atoms with E-state index in [1.54, 1.807) is 0 Å². The summed E-state index contributed by atoms with van der Waals surface area (Å²) >= 11 is 0. The first-order valence-corrected chi connectivity index (χ1v) is 4.84. The lowest BCUT2D eigenvalue weighted by atomic mass is 10.00. The molecule has 0 saturated heterocycles. The number of hydrogen-bond donors (Lipinski definition) is 1. The first-order valence-electron chi connectivity index (χ1n) is 4.84. The maximum Gasteiger partial charge on any atom is 0.0785 e. The molecule has 0 unspecified atom stereocenters. The molecule has 2 heteroatoms. The van der Waals surface area contributed by atoms with Crippen molar-refractivity contribution in [2.45, 2.75) is 6.42 Å². The highest BCUT2D eigenvalue weighted by molar-refractivity contribution is 5.71. The quantitative estimate of drug-likeness (QED) is 0.749. The molecule has 0 spiro atoms. The van der Waals surface area contributed by atoms with E-state index in [4.69, 9.17) is 5.11 Å². The molecule has 0 aliphatic heterocycles. The fraction of sp³-hybridized carbons (Fsp3) is 0.231. The Morgan fingerprint density at radius 2 is 2.00 bits per heavy atom. The second-order valence-corrected chi connectivity index (χ2v) is 3.14. The molecule has 0 bridgehead atoms. The third-order valence-corrected chi connectivity index (χ3v) is 2.30. The zero-order chi connectivity index (χ0) is 11.1. The van der Waals surface area contributed by atoms with Gasteiger partial charge in [0.2, 0.25) is 0 Å². The third-order valence-electron chi connectivity index (χ3n) is 2.30. The van der Waals surface area contributed by atoms with Crippen molar-refractivity contribution in [1.82, 2.24) is 0 Å². The molecule has 1 aliphatic carbocycles. The Kier molecular flexibility index (Phi) is 4.78. The lowest BCUT2D eigenvalue weighted by molar-refractivity contribution is 0.350. The Morgan fingerprint density at radius 1 is 1.27 bits per heavy atom. The summed E-state index contributed by atoms with van der Waals surface area (Å²) in [5, 5.41) is 9.16. The van der Waals surface area contributed by atoms with Crippen LogP contribution in [0, 0.1) is 0 Å². The van der Waals surface area contributed by atoms with Crippen LogP contribution in [0.1, 0.15) is 11.1 Å². The predicted molar refractivity (Wildman–Crippen MR) is 61.4 cm³/mol. The highest BCUT2D eigenvalue weighted by atomic mass is 19.1. The Hall–Kier alpha value is -1.41. The maximum absolute atomic E-state index is 9.50. The number of fused-ring (bicyclic) bond motifs is 1. The molecule has 1 aromatic carbocycles. The second kappa shape index (κ2) is 6.14. The molecule has 0 aromatic heterocycles. The van der Waals surface area contributed by atoms with Gasteiger partial charge in [-0.15, -0.1) is 0 Å². The molecule has 0 fully saturated rings. The van der Waals surface area contributed by atoms with Crippen LogP contribution in [0.25, 0.3) is 5.57 Å². The van der Waals surface area contributed by atoms with Crippen LogP contribution in [0.15, 0.2) is 42.5 Å². The van der Waals surface area contributed by atoms with Crippen molar-refractivity contribution >= 4 is 5.57 Å². The second-order valence-electron chi connectivity index (χ2n) is 3.14. The van der Waals surface area contributed by atoms with Crippen molar-refractivity contribution < 1.29 is 9.50 Å². The van der Waals surface area contributed by atoms with E-state index < -0.39 is 0 Å². The summed E-state index contributed by atoms with van der Waals surface area (Å²) < 4.78 is 9.50. The van der Waals surface area contributed by atoms with E-state index in [0.29, 0.717) is 7.18 Å². The lowest BCUT2D eigenvalue weighted by Gasteiger charge is -2.07. The fourth-order valence-electron chi connectivity index (χ4n) is 1.62. The van der Waals surface area contributed by atoms with E-state index in [9.17, 15) is 4.39 Å². The smallest absolute Gasteiger partial charge is 0.0785 e. The van der Waals surface area contributed by atoms with Gasteiger partial charge in [0.15, 0.2) is 0 Å². The van der Waals surface area contributed by atoms with Gasteiger partial charge in [-0.05, 0) is 23.1 Å². The number of rotatable bonds is 1. The van der Waals surface area contributed by atoms with Gasteiger partial charge in [0.1, 0.15) is 0 Å². The summed E-state index contributed by atoms with van der Waals surface area (Å²) in [4.78, 5) is 0. The molecular weight excluding hydrogens is 191 g/mol. The lowest BCUT2D eigenvalue weighted by Crippen LogP contribution is -1.94. The van der Waals surface area contributed by atoms with Crippen molar-refractivity contribution in [1.29, 1.82) is 0 Å². The minimum absolute atomic E-state index is 0.112. The van der Waals surface area contributed by atoms with Gasteiger partial charge < -0.3 is 5.11 Å². The van der Waals surface area contributed by atoms with E-state index in [2.05, 4.69) is 18.2 Å². The normalized spacial score (nSPS) is 13.1. The number of alkyl halides is 1. The molecule has 1 N–H and O–H groups in total. The van der Waals surface area contributed by atoms with Crippen LogP contribution in [0.5, 0.6) is 0 Å². The topological polar surface area (TPSA) is 20.2 Å². The Balaban J connectivity index is 0.000000531. The van der Waals surface area contributed by atoms with Crippen molar-refractivity contribution in [3.63, 3.8) is 0 Å². The maximum atomic E-state index is 9.50. The molecule has 2 rings (SSSR count). The summed E-state index contributed by atoms with van der Waals surface area (Å²) in [6.07, 6.45) is 7.05. The van der Waals surface area contributed by atoms with E-state index in [1.807, 2.05) is 24.3 Å². The zero-order valence-electron chi connectivity index (χ0n) is 8.78. The number of halogens is 1. The van der Waals surface area contributed by atoms with E-state index >= 15 is 0 Å². The molecule has 1 nitrogen and oxygen atoms in total. The Labute approximate surface area is 89.6 Å². The number of aliphatic hydroxyl groups excluding tert-OH is 1. The van der Waals surface area contributed by atoms with E-state index in [1.165, 1.54) is 11.1 Å². The van der Waals surface area contributed by atoms with Crippen molar-refractivity contribution in [2.75, 3.05) is 13.8 Å². The average molecular weight is 206 g/mol. The van der Waals surface area contributed by atoms with Gasteiger partial charge in [0.05, 0.1) is 13.8 Å². The first kappa shape index (κ1) is 11.7.